The fourth-order valence-corrected chi connectivity index (χ4v) is 5.47. The molecule has 196 valence electrons. The number of halogens is 2. The van der Waals surface area contributed by atoms with Crippen LogP contribution in [0.3, 0.4) is 0 Å². The lowest BCUT2D eigenvalue weighted by Gasteiger charge is -2.32. The third-order valence-corrected chi connectivity index (χ3v) is 8.36. The molecular formula is C27H29BrClN3O4S. The van der Waals surface area contributed by atoms with Crippen LogP contribution in [-0.4, -0.2) is 44.3 Å². The predicted molar refractivity (Wildman–Crippen MR) is 150 cm³/mol. The van der Waals surface area contributed by atoms with E-state index in [1.54, 1.807) is 50.2 Å². The van der Waals surface area contributed by atoms with Gasteiger partial charge < -0.3 is 10.2 Å². The van der Waals surface area contributed by atoms with Crippen LogP contribution in [0, 0.1) is 6.92 Å². The van der Waals surface area contributed by atoms with Crippen molar-refractivity contribution in [2.24, 2.45) is 0 Å². The van der Waals surface area contributed by atoms with Crippen LogP contribution in [0.15, 0.2) is 82.2 Å². The highest BCUT2D eigenvalue weighted by atomic mass is 79.9. The standard InChI is InChI=1S/C27H29BrClN3O4S/c1-4-30-27(34)20(3)31(17-21-7-9-22(28)10-8-21)26(33)18-32(24-13-11-23(29)12-14-24)37(35,36)25-15-5-19(2)6-16-25/h5-16,20H,4,17-18H2,1-3H3,(H,30,34). The zero-order valence-electron chi connectivity index (χ0n) is 20.8. The van der Waals surface area contributed by atoms with E-state index in [1.165, 1.54) is 17.0 Å². The van der Waals surface area contributed by atoms with E-state index in [4.69, 9.17) is 11.6 Å². The molecule has 0 heterocycles. The van der Waals surface area contributed by atoms with Gasteiger partial charge in [-0.2, -0.15) is 0 Å². The molecule has 1 N–H and O–H groups in total. The first-order valence-corrected chi connectivity index (χ1v) is 14.3. The average Bonchev–Trinajstić information content (AvgIpc) is 2.87. The molecule has 0 radical (unpaired) electrons. The van der Waals surface area contributed by atoms with Crippen LogP contribution in [0.4, 0.5) is 5.69 Å². The molecule has 0 saturated carbocycles. The summed E-state index contributed by atoms with van der Waals surface area (Å²) in [5, 5.41) is 3.18. The van der Waals surface area contributed by atoms with Crippen LogP contribution < -0.4 is 9.62 Å². The van der Waals surface area contributed by atoms with Gasteiger partial charge in [0.25, 0.3) is 10.0 Å². The maximum Gasteiger partial charge on any atom is 0.264 e. The Morgan fingerprint density at radius 1 is 0.973 bits per heavy atom. The largest absolute Gasteiger partial charge is 0.355 e. The average molecular weight is 607 g/mol. The molecule has 3 rings (SSSR count). The fraction of sp³-hybridized carbons (Fsp3) is 0.259. The van der Waals surface area contributed by atoms with Crippen LogP contribution in [0.5, 0.6) is 0 Å². The number of benzene rings is 3. The van der Waals surface area contributed by atoms with E-state index in [0.717, 1.165) is 19.9 Å². The maximum atomic E-state index is 13.8. The van der Waals surface area contributed by atoms with Gasteiger partial charge in [-0.25, -0.2) is 8.42 Å². The molecule has 0 saturated heterocycles. The highest BCUT2D eigenvalue weighted by molar-refractivity contribution is 9.10. The molecule has 7 nitrogen and oxygen atoms in total. The number of carbonyl (C=O) groups excluding carboxylic acids is 2. The van der Waals surface area contributed by atoms with Crippen molar-refractivity contribution in [1.29, 1.82) is 0 Å². The van der Waals surface area contributed by atoms with Gasteiger partial charge in [0.1, 0.15) is 12.6 Å². The minimum Gasteiger partial charge on any atom is -0.355 e. The van der Waals surface area contributed by atoms with Crippen molar-refractivity contribution in [3.63, 3.8) is 0 Å². The van der Waals surface area contributed by atoms with Gasteiger partial charge in [0.2, 0.25) is 11.8 Å². The SMILES string of the molecule is CCNC(=O)C(C)N(Cc1ccc(Br)cc1)C(=O)CN(c1ccc(Cl)cc1)S(=O)(=O)c1ccc(C)cc1. The van der Waals surface area contributed by atoms with E-state index in [9.17, 15) is 18.0 Å². The van der Waals surface area contributed by atoms with Gasteiger partial charge >= 0.3 is 0 Å². The lowest BCUT2D eigenvalue weighted by Crippen LogP contribution is -2.51. The lowest BCUT2D eigenvalue weighted by atomic mass is 10.1. The van der Waals surface area contributed by atoms with Crippen LogP contribution in [0.25, 0.3) is 0 Å². The first-order valence-electron chi connectivity index (χ1n) is 11.7. The van der Waals surface area contributed by atoms with Crippen LogP contribution >= 0.6 is 27.5 Å². The zero-order valence-corrected chi connectivity index (χ0v) is 24.0. The molecule has 10 heteroatoms. The molecule has 0 fully saturated rings. The lowest BCUT2D eigenvalue weighted by molar-refractivity contribution is -0.139. The molecule has 2 amide bonds. The molecule has 0 aliphatic heterocycles. The normalized spacial score (nSPS) is 12.0. The summed E-state index contributed by atoms with van der Waals surface area (Å²) in [5.74, 6) is -0.847. The van der Waals surface area contributed by atoms with E-state index in [0.29, 0.717) is 11.6 Å². The number of carbonyl (C=O) groups is 2. The van der Waals surface area contributed by atoms with Crippen molar-refractivity contribution >= 4 is 55.1 Å². The van der Waals surface area contributed by atoms with Crippen LogP contribution in [0.1, 0.15) is 25.0 Å². The second-order valence-corrected chi connectivity index (χ2v) is 11.7. The summed E-state index contributed by atoms with van der Waals surface area (Å²) in [6.07, 6.45) is 0. The number of aryl methyl sites for hydroxylation is 1. The van der Waals surface area contributed by atoms with Gasteiger partial charge in [0.15, 0.2) is 0 Å². The van der Waals surface area contributed by atoms with Crippen molar-refractivity contribution in [2.75, 3.05) is 17.4 Å². The summed E-state index contributed by atoms with van der Waals surface area (Å²) < 4.78 is 29.4. The van der Waals surface area contributed by atoms with Gasteiger partial charge in [-0.05, 0) is 74.9 Å². The monoisotopic (exact) mass is 605 g/mol. The molecule has 0 aliphatic rings. The summed E-state index contributed by atoms with van der Waals surface area (Å²) >= 11 is 9.44. The zero-order chi connectivity index (χ0) is 27.2. The Balaban J connectivity index is 2.01. The maximum absolute atomic E-state index is 13.8. The second-order valence-electron chi connectivity index (χ2n) is 8.52. The van der Waals surface area contributed by atoms with Crippen molar-refractivity contribution in [3.8, 4) is 0 Å². The summed E-state index contributed by atoms with van der Waals surface area (Å²) in [7, 11) is -4.11. The third kappa shape index (κ3) is 7.34. The number of sulfonamides is 1. The highest BCUT2D eigenvalue weighted by Gasteiger charge is 2.32. The third-order valence-electron chi connectivity index (χ3n) is 5.79. The van der Waals surface area contributed by atoms with Gasteiger partial charge in [0.05, 0.1) is 10.6 Å². The molecule has 1 atom stereocenters. The molecule has 3 aromatic carbocycles. The minimum absolute atomic E-state index is 0.0529. The van der Waals surface area contributed by atoms with Crippen molar-refractivity contribution in [1.82, 2.24) is 10.2 Å². The fourth-order valence-electron chi connectivity index (χ4n) is 3.66. The quantitative estimate of drug-likeness (QED) is 0.346. The van der Waals surface area contributed by atoms with Gasteiger partial charge in [0, 0.05) is 22.6 Å². The Bertz CT molecular complexity index is 1330. The molecule has 0 aromatic heterocycles. The Morgan fingerprint density at radius 3 is 2.14 bits per heavy atom. The number of amides is 2. The van der Waals surface area contributed by atoms with E-state index < -0.39 is 28.5 Å². The Kier molecular flexibility index (Phi) is 9.75. The first-order chi connectivity index (χ1) is 17.5. The number of hydrogen-bond donors (Lipinski definition) is 1. The molecule has 3 aromatic rings. The molecule has 1 unspecified atom stereocenters. The summed E-state index contributed by atoms with van der Waals surface area (Å²) in [6, 6.07) is 19.2. The topological polar surface area (TPSA) is 86.8 Å². The Labute approximate surface area is 231 Å². The summed E-state index contributed by atoms with van der Waals surface area (Å²) in [5.41, 5.74) is 1.99. The number of hydrogen-bond acceptors (Lipinski definition) is 4. The molecule has 37 heavy (non-hydrogen) atoms. The number of rotatable bonds is 10. The van der Waals surface area contributed by atoms with Crippen molar-refractivity contribution < 1.29 is 18.0 Å². The molecular weight excluding hydrogens is 578 g/mol. The van der Waals surface area contributed by atoms with E-state index >= 15 is 0 Å². The first kappa shape index (κ1) is 28.7. The van der Waals surface area contributed by atoms with E-state index in [1.807, 2.05) is 31.2 Å². The molecule has 0 aliphatic carbocycles. The van der Waals surface area contributed by atoms with Crippen LogP contribution in [-0.2, 0) is 26.2 Å². The van der Waals surface area contributed by atoms with Gasteiger partial charge in [-0.15, -0.1) is 0 Å². The molecule has 0 bridgehead atoms. The Hall–Kier alpha value is -2.88. The number of nitrogens with one attached hydrogen (secondary N) is 1. The predicted octanol–water partition coefficient (Wildman–Crippen LogP) is 5.16. The number of anilines is 1. The van der Waals surface area contributed by atoms with Crippen molar-refractivity contribution in [3.05, 3.63) is 93.4 Å². The molecule has 0 spiro atoms. The second kappa shape index (κ2) is 12.6. The van der Waals surface area contributed by atoms with Crippen LogP contribution in [0.2, 0.25) is 5.02 Å². The minimum atomic E-state index is -4.11. The smallest absolute Gasteiger partial charge is 0.264 e. The van der Waals surface area contributed by atoms with Gasteiger partial charge in [-0.1, -0.05) is 57.4 Å². The number of nitrogens with zero attached hydrogens (tertiary/aromatic N) is 2. The Morgan fingerprint density at radius 2 is 1.57 bits per heavy atom. The number of likely N-dealkylation sites (N-methyl/N-ethyl adjacent to an activating group) is 1. The van der Waals surface area contributed by atoms with Crippen molar-refractivity contribution in [2.45, 2.75) is 38.3 Å². The van der Waals surface area contributed by atoms with E-state index in [-0.39, 0.29) is 23.0 Å². The highest BCUT2D eigenvalue weighted by Crippen LogP contribution is 2.26. The van der Waals surface area contributed by atoms with E-state index in [2.05, 4.69) is 21.2 Å². The van der Waals surface area contributed by atoms with Gasteiger partial charge in [-0.3, -0.25) is 13.9 Å². The summed E-state index contributed by atoms with van der Waals surface area (Å²) in [6.45, 7) is 5.31. The summed E-state index contributed by atoms with van der Waals surface area (Å²) in [4.78, 5) is 27.9.